The van der Waals surface area contributed by atoms with Gasteiger partial charge in [0.05, 0.1) is 5.60 Å². The third-order valence-corrected chi connectivity index (χ3v) is 3.99. The minimum atomic E-state index is -0.996. The van der Waals surface area contributed by atoms with Gasteiger partial charge in [0.1, 0.15) is 6.10 Å². The molecule has 0 aliphatic heterocycles. The molecule has 2 nitrogen and oxygen atoms in total. The van der Waals surface area contributed by atoms with Crippen molar-refractivity contribution >= 4 is 0 Å². The molecule has 17 heavy (non-hydrogen) atoms. The van der Waals surface area contributed by atoms with E-state index >= 15 is 0 Å². The van der Waals surface area contributed by atoms with Crippen molar-refractivity contribution in [3.63, 3.8) is 0 Å². The molecule has 2 rings (SSSR count). The Morgan fingerprint density at radius 3 is 2.59 bits per heavy atom. The van der Waals surface area contributed by atoms with Gasteiger partial charge in [-0.2, -0.15) is 0 Å². The van der Waals surface area contributed by atoms with Crippen LogP contribution in [-0.2, 0) is 6.42 Å². The Hall–Kier alpha value is -0.860. The van der Waals surface area contributed by atoms with Gasteiger partial charge in [0.2, 0.25) is 0 Å². The average molecular weight is 234 g/mol. The minimum absolute atomic E-state index is 0.368. The van der Waals surface area contributed by atoms with Gasteiger partial charge in [-0.25, -0.2) is 0 Å². The van der Waals surface area contributed by atoms with Crippen LogP contribution in [0.2, 0.25) is 0 Å². The van der Waals surface area contributed by atoms with Crippen LogP contribution in [-0.4, -0.2) is 15.8 Å². The van der Waals surface area contributed by atoms with Crippen LogP contribution in [0.1, 0.15) is 61.5 Å². The number of aliphatic hydroxyl groups excluding tert-OH is 1. The van der Waals surface area contributed by atoms with Crippen LogP contribution >= 0.6 is 0 Å². The highest BCUT2D eigenvalue weighted by molar-refractivity contribution is 5.46. The van der Waals surface area contributed by atoms with Crippen LogP contribution in [0.4, 0.5) is 0 Å². The number of aliphatic hydroxyl groups is 2. The summed E-state index contributed by atoms with van der Waals surface area (Å²) >= 11 is 0. The molecule has 0 bridgehead atoms. The predicted octanol–water partition coefficient (Wildman–Crippen LogP) is 2.85. The number of aryl methyl sites for hydroxylation is 1. The SMILES string of the molecule is Cc1ccc(C(C)C)c2c1CC[C@](C)(O)[C@H]2O. The van der Waals surface area contributed by atoms with E-state index < -0.39 is 11.7 Å². The van der Waals surface area contributed by atoms with Gasteiger partial charge in [-0.1, -0.05) is 26.0 Å². The zero-order chi connectivity index (χ0) is 12.8. The Morgan fingerprint density at radius 2 is 2.00 bits per heavy atom. The third-order valence-electron chi connectivity index (χ3n) is 3.99. The first-order chi connectivity index (χ1) is 7.84. The lowest BCUT2D eigenvalue weighted by molar-refractivity contribution is -0.0757. The van der Waals surface area contributed by atoms with Crippen LogP contribution in [0, 0.1) is 6.92 Å². The van der Waals surface area contributed by atoms with Gasteiger partial charge in [-0.05, 0) is 54.9 Å². The number of benzene rings is 1. The topological polar surface area (TPSA) is 40.5 Å². The van der Waals surface area contributed by atoms with E-state index in [9.17, 15) is 10.2 Å². The van der Waals surface area contributed by atoms with Crippen molar-refractivity contribution in [3.8, 4) is 0 Å². The first-order valence-electron chi connectivity index (χ1n) is 6.37. The van der Waals surface area contributed by atoms with Crippen LogP contribution < -0.4 is 0 Å². The first kappa shape index (κ1) is 12.6. The molecule has 0 unspecified atom stereocenters. The summed E-state index contributed by atoms with van der Waals surface area (Å²) < 4.78 is 0. The molecule has 2 atom stereocenters. The van der Waals surface area contributed by atoms with Crippen molar-refractivity contribution in [2.45, 2.75) is 58.2 Å². The molecule has 0 aromatic heterocycles. The van der Waals surface area contributed by atoms with E-state index in [2.05, 4.69) is 32.9 Å². The highest BCUT2D eigenvalue weighted by Crippen LogP contribution is 2.42. The Bertz CT molecular complexity index is 433. The van der Waals surface area contributed by atoms with Crippen LogP contribution in [0.5, 0.6) is 0 Å². The molecule has 0 spiro atoms. The normalized spacial score (nSPS) is 28.3. The summed E-state index contributed by atoms with van der Waals surface area (Å²) in [4.78, 5) is 0. The van der Waals surface area contributed by atoms with Crippen LogP contribution in [0.15, 0.2) is 12.1 Å². The van der Waals surface area contributed by atoms with Gasteiger partial charge in [0.25, 0.3) is 0 Å². The molecular weight excluding hydrogens is 212 g/mol. The van der Waals surface area contributed by atoms with Gasteiger partial charge >= 0.3 is 0 Å². The smallest absolute Gasteiger partial charge is 0.108 e. The number of hydrogen-bond donors (Lipinski definition) is 2. The molecular formula is C15H22O2. The fourth-order valence-corrected chi connectivity index (χ4v) is 2.78. The lowest BCUT2D eigenvalue weighted by atomic mass is 9.74. The van der Waals surface area contributed by atoms with Crippen LogP contribution in [0.3, 0.4) is 0 Å². The quantitative estimate of drug-likeness (QED) is 0.784. The summed E-state index contributed by atoms with van der Waals surface area (Å²) in [7, 11) is 0. The molecule has 1 aromatic carbocycles. The second-order valence-corrected chi connectivity index (χ2v) is 5.78. The predicted molar refractivity (Wildman–Crippen MR) is 69.2 cm³/mol. The van der Waals surface area contributed by atoms with Gasteiger partial charge in [0.15, 0.2) is 0 Å². The van der Waals surface area contributed by atoms with Crippen molar-refractivity contribution in [1.82, 2.24) is 0 Å². The third kappa shape index (κ3) is 2.00. The van der Waals surface area contributed by atoms with E-state index in [-0.39, 0.29) is 0 Å². The molecule has 2 N–H and O–H groups in total. The molecule has 0 heterocycles. The van der Waals surface area contributed by atoms with Gasteiger partial charge in [-0.15, -0.1) is 0 Å². The maximum atomic E-state index is 10.4. The summed E-state index contributed by atoms with van der Waals surface area (Å²) in [5.74, 6) is 0.368. The van der Waals surface area contributed by atoms with E-state index in [0.29, 0.717) is 12.3 Å². The van der Waals surface area contributed by atoms with E-state index in [1.54, 1.807) is 6.92 Å². The summed E-state index contributed by atoms with van der Waals surface area (Å²) in [5.41, 5.74) is 3.59. The molecule has 1 aromatic rings. The lowest BCUT2D eigenvalue weighted by Gasteiger charge is -2.38. The van der Waals surface area contributed by atoms with E-state index in [0.717, 1.165) is 17.5 Å². The standard InChI is InChI=1S/C15H22O2/c1-9(2)11-6-5-10(3)12-7-8-15(4,17)14(16)13(11)12/h5-6,9,14,16-17H,7-8H2,1-4H3/t14-,15-/m0/s1. The molecule has 2 heteroatoms. The summed E-state index contributed by atoms with van der Waals surface area (Å²) in [6, 6.07) is 4.21. The number of hydrogen-bond acceptors (Lipinski definition) is 2. The maximum absolute atomic E-state index is 10.4. The number of rotatable bonds is 1. The zero-order valence-electron chi connectivity index (χ0n) is 11.1. The van der Waals surface area contributed by atoms with E-state index in [1.807, 2.05) is 0 Å². The summed E-state index contributed by atoms with van der Waals surface area (Å²) in [6.45, 7) is 8.06. The van der Waals surface area contributed by atoms with Crippen molar-refractivity contribution in [3.05, 3.63) is 34.4 Å². The second kappa shape index (κ2) is 4.11. The Labute approximate surface area is 103 Å². The van der Waals surface area contributed by atoms with E-state index in [1.165, 1.54) is 11.1 Å². The average Bonchev–Trinajstić information content (AvgIpc) is 2.24. The molecule has 0 radical (unpaired) electrons. The zero-order valence-corrected chi connectivity index (χ0v) is 11.1. The van der Waals surface area contributed by atoms with Crippen molar-refractivity contribution in [1.29, 1.82) is 0 Å². The largest absolute Gasteiger partial charge is 0.387 e. The molecule has 0 fully saturated rings. The first-order valence-corrected chi connectivity index (χ1v) is 6.37. The monoisotopic (exact) mass is 234 g/mol. The maximum Gasteiger partial charge on any atom is 0.108 e. The molecule has 0 saturated heterocycles. The van der Waals surface area contributed by atoms with Crippen molar-refractivity contribution in [2.24, 2.45) is 0 Å². The van der Waals surface area contributed by atoms with Crippen LogP contribution in [0.25, 0.3) is 0 Å². The second-order valence-electron chi connectivity index (χ2n) is 5.78. The fourth-order valence-electron chi connectivity index (χ4n) is 2.78. The summed E-state index contributed by atoms with van der Waals surface area (Å²) in [6.07, 6.45) is 0.721. The Kier molecular flexibility index (Phi) is 3.04. The highest BCUT2D eigenvalue weighted by Gasteiger charge is 2.38. The Balaban J connectivity index is 2.63. The summed E-state index contributed by atoms with van der Waals surface area (Å²) in [5, 5.41) is 20.6. The Morgan fingerprint density at radius 1 is 1.35 bits per heavy atom. The van der Waals surface area contributed by atoms with Crippen molar-refractivity contribution < 1.29 is 10.2 Å². The van der Waals surface area contributed by atoms with Gasteiger partial charge < -0.3 is 10.2 Å². The van der Waals surface area contributed by atoms with Crippen molar-refractivity contribution in [2.75, 3.05) is 0 Å². The van der Waals surface area contributed by atoms with E-state index in [4.69, 9.17) is 0 Å². The van der Waals surface area contributed by atoms with Gasteiger partial charge in [-0.3, -0.25) is 0 Å². The molecule has 1 aliphatic carbocycles. The molecule has 94 valence electrons. The molecule has 0 saturated carbocycles. The fraction of sp³-hybridized carbons (Fsp3) is 0.600. The molecule has 1 aliphatic rings. The highest BCUT2D eigenvalue weighted by atomic mass is 16.3. The van der Waals surface area contributed by atoms with Gasteiger partial charge in [0, 0.05) is 0 Å². The molecule has 0 amide bonds. The minimum Gasteiger partial charge on any atom is -0.387 e. The lowest BCUT2D eigenvalue weighted by Crippen LogP contribution is -2.38. The number of fused-ring (bicyclic) bond motifs is 1.